The van der Waals surface area contributed by atoms with Gasteiger partial charge in [-0.2, -0.15) is 4.72 Å². The molecule has 0 spiro atoms. The summed E-state index contributed by atoms with van der Waals surface area (Å²) in [4.78, 5) is 14.5. The van der Waals surface area contributed by atoms with Gasteiger partial charge in [0, 0.05) is 30.6 Å². The van der Waals surface area contributed by atoms with Gasteiger partial charge in [0.2, 0.25) is 10.0 Å². The number of fused-ring (bicyclic) bond motifs is 1. The fraction of sp³-hybridized carbons (Fsp3) is 0.500. The fourth-order valence-corrected chi connectivity index (χ4v) is 5.65. The number of nitrogens with one attached hydrogen (secondary N) is 1. The second-order valence-corrected chi connectivity index (χ2v) is 9.64. The lowest BCUT2D eigenvalue weighted by Crippen LogP contribution is -2.43. The van der Waals surface area contributed by atoms with E-state index in [4.69, 9.17) is 4.74 Å². The molecule has 1 aliphatic rings. The van der Waals surface area contributed by atoms with E-state index in [1.165, 1.54) is 13.5 Å². The zero-order chi connectivity index (χ0) is 21.0. The van der Waals surface area contributed by atoms with E-state index >= 15 is 0 Å². The molecule has 1 atom stereocenters. The van der Waals surface area contributed by atoms with E-state index in [0.29, 0.717) is 17.7 Å². The molecule has 1 N–H and O–H groups in total. The highest BCUT2D eigenvalue weighted by Crippen LogP contribution is 2.31. The number of nitrogens with zero attached hydrogens (tertiary/aromatic N) is 1. The Labute approximate surface area is 173 Å². The van der Waals surface area contributed by atoms with E-state index in [-0.39, 0.29) is 4.90 Å². The van der Waals surface area contributed by atoms with Gasteiger partial charge >= 0.3 is 5.97 Å². The van der Waals surface area contributed by atoms with Gasteiger partial charge in [-0.25, -0.2) is 8.42 Å². The molecule has 1 aliphatic carbocycles. The minimum Gasteiger partial charge on any atom is -0.468 e. The lowest BCUT2D eigenvalue weighted by molar-refractivity contribution is -0.143. The number of esters is 1. The van der Waals surface area contributed by atoms with E-state index < -0.39 is 22.0 Å². The number of sulfonamides is 1. The summed E-state index contributed by atoms with van der Waals surface area (Å²) in [5.74, 6) is -0.197. The van der Waals surface area contributed by atoms with Crippen LogP contribution in [-0.4, -0.2) is 41.6 Å². The molecule has 0 amide bonds. The van der Waals surface area contributed by atoms with Gasteiger partial charge in [-0.1, -0.05) is 56.4 Å². The zero-order valence-corrected chi connectivity index (χ0v) is 18.2. The van der Waals surface area contributed by atoms with Gasteiger partial charge in [-0.15, -0.1) is 0 Å². The molecule has 2 aromatic rings. The monoisotopic (exact) mass is 418 g/mol. The average molecular weight is 419 g/mol. The molecule has 6 nitrogen and oxygen atoms in total. The highest BCUT2D eigenvalue weighted by Gasteiger charge is 2.30. The third-order valence-electron chi connectivity index (χ3n) is 5.71. The fourth-order valence-electron chi connectivity index (χ4n) is 4.23. The van der Waals surface area contributed by atoms with Gasteiger partial charge in [-0.05, 0) is 24.5 Å². The van der Waals surface area contributed by atoms with Crippen LogP contribution in [0.15, 0.2) is 41.3 Å². The molecule has 0 heterocycles. The highest BCUT2D eigenvalue weighted by molar-refractivity contribution is 7.89. The van der Waals surface area contributed by atoms with Gasteiger partial charge < -0.3 is 9.64 Å². The predicted molar refractivity (Wildman–Crippen MR) is 116 cm³/mol. The van der Waals surface area contributed by atoms with Crippen LogP contribution in [0.25, 0.3) is 10.8 Å². The average Bonchev–Trinajstić information content (AvgIpc) is 2.72. The smallest absolute Gasteiger partial charge is 0.323 e. The first-order valence-corrected chi connectivity index (χ1v) is 11.6. The molecule has 2 aromatic carbocycles. The number of benzene rings is 2. The summed E-state index contributed by atoms with van der Waals surface area (Å²) in [7, 11) is 1.24. The van der Waals surface area contributed by atoms with Crippen LogP contribution in [0.1, 0.15) is 38.5 Å². The molecule has 1 unspecified atom stereocenters. The third-order valence-corrected chi connectivity index (χ3v) is 7.24. The van der Waals surface area contributed by atoms with Crippen molar-refractivity contribution in [2.45, 2.75) is 49.5 Å². The second kappa shape index (κ2) is 9.13. The molecule has 0 aliphatic heterocycles. The van der Waals surface area contributed by atoms with Crippen molar-refractivity contribution in [2.24, 2.45) is 5.92 Å². The van der Waals surface area contributed by atoms with Gasteiger partial charge in [-0.3, -0.25) is 4.79 Å². The number of methoxy groups -OCH3 is 1. The Bertz CT molecular complexity index is 966. The minimum absolute atomic E-state index is 0.177. The molecule has 29 heavy (non-hydrogen) atoms. The lowest BCUT2D eigenvalue weighted by Gasteiger charge is -2.26. The second-order valence-electron chi connectivity index (χ2n) is 7.96. The molecule has 3 rings (SSSR count). The summed E-state index contributed by atoms with van der Waals surface area (Å²) in [5.41, 5.74) is 0.936. The largest absolute Gasteiger partial charge is 0.468 e. The van der Waals surface area contributed by atoms with Crippen LogP contribution in [-0.2, 0) is 19.6 Å². The standard InChI is InChI=1S/C22H30N2O4S/c1-24(2)20-13-7-12-18-17(20)11-8-14-21(18)29(26,27)23-19(22(25)28-3)15-16-9-5-4-6-10-16/h7-8,11-14,16,19,23H,4-6,9-10,15H2,1-3H3. The topological polar surface area (TPSA) is 75.7 Å². The molecule has 0 aromatic heterocycles. The van der Waals surface area contributed by atoms with Crippen molar-refractivity contribution >= 4 is 32.5 Å². The Balaban J connectivity index is 1.94. The van der Waals surface area contributed by atoms with Crippen LogP contribution < -0.4 is 9.62 Å². The van der Waals surface area contributed by atoms with Crippen molar-refractivity contribution < 1.29 is 17.9 Å². The van der Waals surface area contributed by atoms with Gasteiger partial charge in [0.1, 0.15) is 6.04 Å². The Morgan fingerprint density at radius 2 is 1.76 bits per heavy atom. The van der Waals surface area contributed by atoms with Crippen LogP contribution in [0.3, 0.4) is 0 Å². The van der Waals surface area contributed by atoms with Crippen molar-refractivity contribution in [3.8, 4) is 0 Å². The van der Waals surface area contributed by atoms with Crippen molar-refractivity contribution in [1.29, 1.82) is 0 Å². The molecule has 0 radical (unpaired) electrons. The summed E-state index contributed by atoms with van der Waals surface area (Å²) in [6.45, 7) is 0. The Morgan fingerprint density at radius 1 is 1.10 bits per heavy atom. The van der Waals surface area contributed by atoms with Gasteiger partial charge in [0.15, 0.2) is 0 Å². The van der Waals surface area contributed by atoms with E-state index in [9.17, 15) is 13.2 Å². The Morgan fingerprint density at radius 3 is 2.41 bits per heavy atom. The Hall–Kier alpha value is -2.12. The number of anilines is 1. The maximum atomic E-state index is 13.3. The van der Waals surface area contributed by atoms with Crippen molar-refractivity contribution in [2.75, 3.05) is 26.1 Å². The first kappa shape index (κ1) is 21.6. The van der Waals surface area contributed by atoms with E-state index in [1.54, 1.807) is 18.2 Å². The number of hydrogen-bond acceptors (Lipinski definition) is 5. The summed E-state index contributed by atoms with van der Waals surface area (Å²) >= 11 is 0. The van der Waals surface area contributed by atoms with Crippen LogP contribution in [0.4, 0.5) is 5.69 Å². The zero-order valence-electron chi connectivity index (χ0n) is 17.3. The number of carbonyl (C=O) groups excluding carboxylic acids is 1. The highest BCUT2D eigenvalue weighted by atomic mass is 32.2. The maximum absolute atomic E-state index is 13.3. The number of carbonyl (C=O) groups is 1. The van der Waals surface area contributed by atoms with E-state index in [0.717, 1.165) is 36.8 Å². The Kier molecular flexibility index (Phi) is 6.80. The van der Waals surface area contributed by atoms with Crippen LogP contribution in [0.2, 0.25) is 0 Å². The van der Waals surface area contributed by atoms with Crippen molar-refractivity contribution in [3.05, 3.63) is 36.4 Å². The molecule has 7 heteroatoms. The van der Waals surface area contributed by atoms with Crippen LogP contribution >= 0.6 is 0 Å². The normalized spacial score (nSPS) is 16.5. The first-order valence-electron chi connectivity index (χ1n) is 10.1. The van der Waals surface area contributed by atoms with Crippen LogP contribution in [0.5, 0.6) is 0 Å². The SMILES string of the molecule is COC(=O)C(CC1CCCCC1)NS(=O)(=O)c1cccc2c(N(C)C)cccc12. The molecule has 1 saturated carbocycles. The number of rotatable bonds is 7. The summed E-state index contributed by atoms with van der Waals surface area (Å²) in [6.07, 6.45) is 5.98. The predicted octanol–water partition coefficient (Wildman–Crippen LogP) is 3.70. The first-order chi connectivity index (χ1) is 13.8. The van der Waals surface area contributed by atoms with Gasteiger partial charge in [0.05, 0.1) is 12.0 Å². The molecule has 1 fully saturated rings. The summed E-state index contributed by atoms with van der Waals surface area (Å²) < 4.78 is 34.1. The van der Waals surface area contributed by atoms with E-state index in [2.05, 4.69) is 4.72 Å². The lowest BCUT2D eigenvalue weighted by atomic mass is 9.85. The van der Waals surface area contributed by atoms with E-state index in [1.807, 2.05) is 37.2 Å². The number of ether oxygens (including phenoxy) is 1. The minimum atomic E-state index is -3.90. The summed E-state index contributed by atoms with van der Waals surface area (Å²) in [5, 5.41) is 1.48. The maximum Gasteiger partial charge on any atom is 0.323 e. The molecule has 0 saturated heterocycles. The van der Waals surface area contributed by atoms with Crippen molar-refractivity contribution in [3.63, 3.8) is 0 Å². The quantitative estimate of drug-likeness (QED) is 0.694. The molecule has 158 valence electrons. The van der Waals surface area contributed by atoms with Crippen LogP contribution in [0, 0.1) is 5.92 Å². The van der Waals surface area contributed by atoms with Crippen molar-refractivity contribution in [1.82, 2.24) is 4.72 Å². The molecular formula is C22H30N2O4S. The summed E-state index contributed by atoms with van der Waals surface area (Å²) in [6, 6.07) is 9.94. The third kappa shape index (κ3) is 4.90. The molecule has 0 bridgehead atoms. The number of hydrogen-bond donors (Lipinski definition) is 1. The molecular weight excluding hydrogens is 388 g/mol. The van der Waals surface area contributed by atoms with Gasteiger partial charge in [0.25, 0.3) is 0 Å².